The topological polar surface area (TPSA) is 79.8 Å². The number of aromatic nitrogens is 1. The molecule has 10 heteroatoms. The van der Waals surface area contributed by atoms with E-state index in [1.54, 1.807) is 53.7 Å². The number of sulfonamides is 1. The van der Waals surface area contributed by atoms with Crippen LogP contribution in [0.4, 0.5) is 0 Å². The summed E-state index contributed by atoms with van der Waals surface area (Å²) in [6, 6.07) is 19.6. The highest BCUT2D eigenvalue weighted by Gasteiger charge is 2.33. The van der Waals surface area contributed by atoms with Crippen LogP contribution in [-0.2, 0) is 10.0 Å². The summed E-state index contributed by atoms with van der Waals surface area (Å²) in [5.41, 5.74) is 2.83. The van der Waals surface area contributed by atoms with E-state index in [1.807, 2.05) is 42.6 Å². The molecule has 166 valence electrons. The SMILES string of the molecule is CN(C=[NH+]S(=O)(=O)c1ccccc1)N1CC(c2cccnc2)C(c2ccc(Cl)cc2)=N1.[Cl-]. The maximum Gasteiger partial charge on any atom is 0.328 e. The predicted molar refractivity (Wildman–Crippen MR) is 120 cm³/mol. The Morgan fingerprint density at radius 2 is 1.81 bits per heavy atom. The Kier molecular flexibility index (Phi) is 7.50. The molecule has 0 amide bonds. The summed E-state index contributed by atoms with van der Waals surface area (Å²) in [4.78, 5) is 4.43. The second kappa shape index (κ2) is 10.1. The first kappa shape index (κ1) is 23.7. The van der Waals surface area contributed by atoms with Crippen LogP contribution in [0.2, 0.25) is 5.02 Å². The molecule has 1 aliphatic rings. The second-order valence-electron chi connectivity index (χ2n) is 7.02. The number of halogens is 2. The van der Waals surface area contributed by atoms with Crippen LogP contribution in [0, 0.1) is 0 Å². The summed E-state index contributed by atoms with van der Waals surface area (Å²) in [6.07, 6.45) is 4.94. The van der Waals surface area contributed by atoms with E-state index in [4.69, 9.17) is 16.7 Å². The van der Waals surface area contributed by atoms with Gasteiger partial charge in [0.05, 0.1) is 18.2 Å². The minimum Gasteiger partial charge on any atom is -1.00 e. The molecule has 0 saturated carbocycles. The van der Waals surface area contributed by atoms with Crippen molar-refractivity contribution in [1.82, 2.24) is 15.1 Å². The molecule has 2 aromatic carbocycles. The Morgan fingerprint density at radius 1 is 1.09 bits per heavy atom. The zero-order chi connectivity index (χ0) is 21.8. The summed E-state index contributed by atoms with van der Waals surface area (Å²) in [7, 11) is -1.93. The quantitative estimate of drug-likeness (QED) is 0.350. The number of hydrogen-bond donors (Lipinski definition) is 1. The molecule has 0 radical (unpaired) electrons. The molecule has 1 aliphatic heterocycles. The van der Waals surface area contributed by atoms with Crippen LogP contribution in [0.1, 0.15) is 17.0 Å². The van der Waals surface area contributed by atoms with E-state index in [2.05, 4.69) is 9.38 Å². The van der Waals surface area contributed by atoms with Gasteiger partial charge in [0.25, 0.3) is 6.34 Å². The van der Waals surface area contributed by atoms with Gasteiger partial charge in [0.1, 0.15) is 11.9 Å². The van der Waals surface area contributed by atoms with Crippen molar-refractivity contribution >= 4 is 33.7 Å². The highest BCUT2D eigenvalue weighted by Crippen LogP contribution is 2.29. The lowest BCUT2D eigenvalue weighted by molar-refractivity contribution is -0.274. The van der Waals surface area contributed by atoms with E-state index < -0.39 is 10.0 Å². The van der Waals surface area contributed by atoms with Crippen molar-refractivity contribution in [2.24, 2.45) is 5.10 Å². The Bertz CT molecular complexity index is 1200. The monoisotopic (exact) mass is 489 g/mol. The minimum absolute atomic E-state index is 0. The van der Waals surface area contributed by atoms with Gasteiger partial charge in [-0.3, -0.25) is 4.98 Å². The molecule has 0 aliphatic carbocycles. The normalized spacial score (nSPS) is 16.0. The van der Waals surface area contributed by atoms with Crippen LogP contribution < -0.4 is 16.8 Å². The molecular formula is C22H21Cl2N5O2S. The molecule has 0 fully saturated rings. The van der Waals surface area contributed by atoms with E-state index in [9.17, 15) is 8.42 Å². The number of hydrogen-bond acceptors (Lipinski definition) is 5. The number of nitrogens with zero attached hydrogens (tertiary/aromatic N) is 4. The van der Waals surface area contributed by atoms with E-state index in [-0.39, 0.29) is 23.2 Å². The standard InChI is InChI=1S/C22H20ClN5O2S.ClH/c1-27(16-25-31(29,30)20-7-3-2-4-8-20)28-15-21(18-6-5-13-24-14-18)22(26-28)17-9-11-19(23)12-10-17;/h2-14,16,21H,15H2,1H3;1H. The molecule has 0 saturated heterocycles. The highest BCUT2D eigenvalue weighted by atomic mass is 35.5. The molecule has 3 aromatic rings. The summed E-state index contributed by atoms with van der Waals surface area (Å²) >= 11 is 6.05. The smallest absolute Gasteiger partial charge is 0.328 e. The maximum atomic E-state index is 12.5. The van der Waals surface area contributed by atoms with Crippen molar-refractivity contribution in [2.45, 2.75) is 10.8 Å². The third-order valence-electron chi connectivity index (χ3n) is 4.94. The Morgan fingerprint density at radius 3 is 2.47 bits per heavy atom. The molecule has 2 heterocycles. The van der Waals surface area contributed by atoms with Gasteiger partial charge in [0.2, 0.25) is 0 Å². The molecule has 0 spiro atoms. The van der Waals surface area contributed by atoms with Crippen molar-refractivity contribution in [3.63, 3.8) is 0 Å². The third kappa shape index (κ3) is 5.27. The number of benzene rings is 2. The van der Waals surface area contributed by atoms with Crippen LogP contribution in [0.25, 0.3) is 0 Å². The van der Waals surface area contributed by atoms with Crippen LogP contribution in [-0.4, -0.2) is 49.2 Å². The second-order valence-corrected chi connectivity index (χ2v) is 9.17. The molecule has 1 N–H and O–H groups in total. The maximum absolute atomic E-state index is 12.5. The van der Waals surface area contributed by atoms with Gasteiger partial charge < -0.3 is 12.4 Å². The van der Waals surface area contributed by atoms with Gasteiger partial charge in [-0.2, -0.15) is 12.8 Å². The van der Waals surface area contributed by atoms with Crippen molar-refractivity contribution in [3.05, 3.63) is 95.3 Å². The van der Waals surface area contributed by atoms with Crippen molar-refractivity contribution in [1.29, 1.82) is 0 Å². The van der Waals surface area contributed by atoms with Crippen molar-refractivity contribution < 1.29 is 25.2 Å². The zero-order valence-electron chi connectivity index (χ0n) is 17.1. The molecule has 32 heavy (non-hydrogen) atoms. The van der Waals surface area contributed by atoms with Gasteiger partial charge >= 0.3 is 10.0 Å². The average Bonchev–Trinajstić information content (AvgIpc) is 3.25. The first-order valence-corrected chi connectivity index (χ1v) is 11.5. The first-order chi connectivity index (χ1) is 14.9. The first-order valence-electron chi connectivity index (χ1n) is 9.59. The van der Waals surface area contributed by atoms with Gasteiger partial charge in [-0.05, 0) is 41.5 Å². The van der Waals surface area contributed by atoms with E-state index >= 15 is 0 Å². The number of nitrogens with one attached hydrogen (secondary N) is 1. The molecule has 1 aromatic heterocycles. The Hall–Kier alpha value is -2.94. The van der Waals surface area contributed by atoms with Crippen LogP contribution in [0.3, 0.4) is 0 Å². The van der Waals surface area contributed by atoms with Gasteiger partial charge in [-0.1, -0.05) is 48.0 Å². The molecule has 0 bridgehead atoms. The summed E-state index contributed by atoms with van der Waals surface area (Å²) in [5.74, 6) is -0.0311. The van der Waals surface area contributed by atoms with Gasteiger partial charge in [-0.15, -0.1) is 15.2 Å². The fraction of sp³-hybridized carbons (Fsp3) is 0.136. The predicted octanol–water partition coefficient (Wildman–Crippen LogP) is -1.11. The lowest BCUT2D eigenvalue weighted by Crippen LogP contribution is -3.00. The lowest BCUT2D eigenvalue weighted by Gasteiger charge is -2.17. The summed E-state index contributed by atoms with van der Waals surface area (Å²) in [5, 5.41) is 8.74. The average molecular weight is 490 g/mol. The number of hydrazone groups is 1. The van der Waals surface area contributed by atoms with Gasteiger partial charge in [0, 0.05) is 17.4 Å². The Balaban J connectivity index is 0.00000289. The molecule has 1 atom stereocenters. The molecule has 7 nitrogen and oxygen atoms in total. The van der Waals surface area contributed by atoms with E-state index in [0.29, 0.717) is 11.6 Å². The van der Waals surface area contributed by atoms with E-state index in [0.717, 1.165) is 16.8 Å². The van der Waals surface area contributed by atoms with Crippen LogP contribution >= 0.6 is 11.6 Å². The van der Waals surface area contributed by atoms with Crippen molar-refractivity contribution in [2.75, 3.05) is 13.6 Å². The fourth-order valence-electron chi connectivity index (χ4n) is 3.29. The van der Waals surface area contributed by atoms with E-state index in [1.165, 1.54) is 6.34 Å². The molecular weight excluding hydrogens is 469 g/mol. The largest absolute Gasteiger partial charge is 1.00 e. The fourth-order valence-corrected chi connectivity index (χ4v) is 4.36. The summed E-state index contributed by atoms with van der Waals surface area (Å²) in [6.45, 7) is 0.531. The minimum atomic E-state index is -3.67. The molecule has 1 unspecified atom stereocenters. The van der Waals surface area contributed by atoms with Gasteiger partial charge in [-0.25, -0.2) is 0 Å². The van der Waals surface area contributed by atoms with Crippen LogP contribution in [0.15, 0.2) is 89.1 Å². The third-order valence-corrected chi connectivity index (χ3v) is 6.50. The highest BCUT2D eigenvalue weighted by molar-refractivity contribution is 7.84. The van der Waals surface area contributed by atoms with Crippen molar-refractivity contribution in [3.8, 4) is 0 Å². The van der Waals surface area contributed by atoms with Crippen LogP contribution in [0.5, 0.6) is 0 Å². The zero-order valence-corrected chi connectivity index (χ0v) is 19.5. The molecule has 4 rings (SSSR count). The summed E-state index contributed by atoms with van der Waals surface area (Å²) < 4.78 is 27.5. The van der Waals surface area contributed by atoms with Gasteiger partial charge in [0.15, 0.2) is 0 Å². The lowest BCUT2D eigenvalue weighted by atomic mass is 9.92. The number of rotatable bonds is 6. The Labute approximate surface area is 198 Å². The number of hydrazine groups is 1. The number of pyridine rings is 1.